The van der Waals surface area contributed by atoms with E-state index < -0.39 is 0 Å². The monoisotopic (exact) mass is 265 g/mol. The zero-order valence-corrected chi connectivity index (χ0v) is 11.8. The van der Waals surface area contributed by atoms with Gasteiger partial charge in [-0.15, -0.1) is 0 Å². The van der Waals surface area contributed by atoms with Crippen LogP contribution in [0.2, 0.25) is 0 Å². The van der Waals surface area contributed by atoms with Gasteiger partial charge in [0, 0.05) is 13.6 Å². The summed E-state index contributed by atoms with van der Waals surface area (Å²) in [4.78, 5) is 12.7. The molecule has 0 unspecified atom stereocenters. The Morgan fingerprint density at radius 1 is 1.21 bits per heavy atom. The van der Waals surface area contributed by atoms with Crippen LogP contribution in [0.4, 0.5) is 11.9 Å². The summed E-state index contributed by atoms with van der Waals surface area (Å²) in [5.41, 5.74) is 0. The van der Waals surface area contributed by atoms with Gasteiger partial charge >= 0.3 is 6.01 Å². The van der Waals surface area contributed by atoms with Crippen molar-refractivity contribution in [1.82, 2.24) is 15.0 Å². The topological polar surface area (TPSA) is 72.0 Å². The van der Waals surface area contributed by atoms with Gasteiger partial charge in [-0.05, 0) is 25.2 Å². The summed E-state index contributed by atoms with van der Waals surface area (Å²) < 4.78 is 5.45. The molecule has 1 aliphatic rings. The van der Waals surface area contributed by atoms with Gasteiger partial charge in [-0.3, -0.25) is 0 Å². The summed E-state index contributed by atoms with van der Waals surface area (Å²) >= 11 is 0. The molecule has 0 saturated heterocycles. The van der Waals surface area contributed by atoms with Crippen LogP contribution in [0.25, 0.3) is 0 Å². The number of nitrogens with zero attached hydrogens (tertiary/aromatic N) is 3. The second-order valence-corrected chi connectivity index (χ2v) is 4.88. The van der Waals surface area contributed by atoms with E-state index in [-0.39, 0.29) is 0 Å². The Morgan fingerprint density at radius 2 is 2.00 bits per heavy atom. The van der Waals surface area contributed by atoms with Crippen molar-refractivity contribution in [2.75, 3.05) is 30.8 Å². The van der Waals surface area contributed by atoms with Crippen LogP contribution >= 0.6 is 0 Å². The summed E-state index contributed by atoms with van der Waals surface area (Å²) in [7, 11) is 1.79. The Labute approximate surface area is 114 Å². The molecule has 1 fully saturated rings. The molecule has 0 amide bonds. The lowest BCUT2D eigenvalue weighted by atomic mass is 10.2. The first kappa shape index (κ1) is 13.8. The molecular formula is C13H23N5O. The fraction of sp³-hybridized carbons (Fsp3) is 0.769. The highest BCUT2D eigenvalue weighted by Gasteiger charge is 2.20. The molecule has 0 atom stereocenters. The second-order valence-electron chi connectivity index (χ2n) is 4.88. The highest BCUT2D eigenvalue weighted by molar-refractivity contribution is 5.35. The first-order valence-electron chi connectivity index (χ1n) is 7.12. The van der Waals surface area contributed by atoms with E-state index in [2.05, 4.69) is 32.5 Å². The predicted molar refractivity (Wildman–Crippen MR) is 75.6 cm³/mol. The van der Waals surface area contributed by atoms with Crippen LogP contribution < -0.4 is 15.4 Å². The third-order valence-corrected chi connectivity index (χ3v) is 3.04. The Hall–Kier alpha value is -1.59. The maximum Gasteiger partial charge on any atom is 0.323 e. The van der Waals surface area contributed by atoms with Crippen LogP contribution in [-0.2, 0) is 0 Å². The Bertz CT molecular complexity index is 395. The van der Waals surface area contributed by atoms with E-state index in [0.717, 1.165) is 25.3 Å². The number of aromatic nitrogens is 3. The van der Waals surface area contributed by atoms with Crippen molar-refractivity contribution < 1.29 is 4.74 Å². The number of rotatable bonds is 9. The van der Waals surface area contributed by atoms with Crippen molar-refractivity contribution in [3.63, 3.8) is 0 Å². The van der Waals surface area contributed by atoms with Gasteiger partial charge in [-0.2, -0.15) is 15.0 Å². The van der Waals surface area contributed by atoms with E-state index in [1.807, 2.05) is 0 Å². The second kappa shape index (κ2) is 7.11. The third-order valence-electron chi connectivity index (χ3n) is 3.04. The SMILES string of the molecule is CCCOc1nc(NC)nc(NCCCC2CC2)n1. The molecule has 2 rings (SSSR count). The fourth-order valence-corrected chi connectivity index (χ4v) is 1.80. The van der Waals surface area contributed by atoms with Crippen LogP contribution in [-0.4, -0.2) is 35.2 Å². The largest absolute Gasteiger partial charge is 0.463 e. The summed E-state index contributed by atoms with van der Waals surface area (Å²) in [5.74, 6) is 2.09. The lowest BCUT2D eigenvalue weighted by Crippen LogP contribution is -2.10. The van der Waals surface area contributed by atoms with Crippen molar-refractivity contribution >= 4 is 11.9 Å². The third kappa shape index (κ3) is 4.89. The molecule has 1 saturated carbocycles. The summed E-state index contributed by atoms with van der Waals surface area (Å²) in [6.45, 7) is 3.57. The standard InChI is InChI=1S/C13H23N5O/c1-3-9-19-13-17-11(14-2)16-12(18-13)15-8-4-5-10-6-7-10/h10H,3-9H2,1-2H3,(H2,14,15,16,17,18). The zero-order chi connectivity index (χ0) is 13.5. The van der Waals surface area contributed by atoms with Crippen molar-refractivity contribution in [3.05, 3.63) is 0 Å². The molecule has 6 heteroatoms. The van der Waals surface area contributed by atoms with E-state index in [1.54, 1.807) is 7.05 Å². The molecule has 1 aliphatic carbocycles. The van der Waals surface area contributed by atoms with E-state index in [1.165, 1.54) is 19.3 Å². The van der Waals surface area contributed by atoms with Crippen molar-refractivity contribution in [3.8, 4) is 6.01 Å². The summed E-state index contributed by atoms with van der Waals surface area (Å²) in [5, 5.41) is 6.16. The molecule has 0 aliphatic heterocycles. The number of ether oxygens (including phenoxy) is 1. The maximum absolute atomic E-state index is 5.45. The van der Waals surface area contributed by atoms with Gasteiger partial charge in [0.05, 0.1) is 6.61 Å². The van der Waals surface area contributed by atoms with Crippen LogP contribution in [0, 0.1) is 5.92 Å². The minimum Gasteiger partial charge on any atom is -0.463 e. The van der Waals surface area contributed by atoms with Gasteiger partial charge in [0.1, 0.15) is 0 Å². The van der Waals surface area contributed by atoms with Crippen LogP contribution in [0.1, 0.15) is 39.0 Å². The number of hydrogen-bond acceptors (Lipinski definition) is 6. The molecule has 0 aromatic carbocycles. The molecule has 106 valence electrons. The molecule has 0 radical (unpaired) electrons. The van der Waals surface area contributed by atoms with E-state index >= 15 is 0 Å². The minimum absolute atomic E-state index is 0.380. The van der Waals surface area contributed by atoms with Crippen LogP contribution in [0.15, 0.2) is 0 Å². The van der Waals surface area contributed by atoms with Crippen LogP contribution in [0.3, 0.4) is 0 Å². The van der Waals surface area contributed by atoms with Crippen molar-refractivity contribution in [1.29, 1.82) is 0 Å². The molecule has 0 spiro atoms. The van der Waals surface area contributed by atoms with Crippen molar-refractivity contribution in [2.24, 2.45) is 5.92 Å². The smallest absolute Gasteiger partial charge is 0.323 e. The summed E-state index contributed by atoms with van der Waals surface area (Å²) in [6.07, 6.45) is 6.21. The van der Waals surface area contributed by atoms with Gasteiger partial charge in [0.15, 0.2) is 0 Å². The minimum atomic E-state index is 0.380. The lowest BCUT2D eigenvalue weighted by Gasteiger charge is -2.08. The van der Waals surface area contributed by atoms with Crippen LogP contribution in [0.5, 0.6) is 6.01 Å². The summed E-state index contributed by atoms with van der Waals surface area (Å²) in [6, 6.07) is 0.380. The Morgan fingerprint density at radius 3 is 2.68 bits per heavy atom. The molecule has 2 N–H and O–H groups in total. The van der Waals surface area contributed by atoms with E-state index in [9.17, 15) is 0 Å². The van der Waals surface area contributed by atoms with Crippen molar-refractivity contribution in [2.45, 2.75) is 39.0 Å². The average molecular weight is 265 g/mol. The molecule has 0 bridgehead atoms. The highest BCUT2D eigenvalue weighted by Crippen LogP contribution is 2.33. The zero-order valence-electron chi connectivity index (χ0n) is 11.8. The average Bonchev–Trinajstić information content (AvgIpc) is 3.25. The molecule has 6 nitrogen and oxygen atoms in total. The molecular weight excluding hydrogens is 242 g/mol. The van der Waals surface area contributed by atoms with Gasteiger partial charge in [0.25, 0.3) is 0 Å². The normalized spacial score (nSPS) is 14.2. The molecule has 1 aromatic rings. The van der Waals surface area contributed by atoms with E-state index in [4.69, 9.17) is 4.74 Å². The Kier molecular flexibility index (Phi) is 5.18. The van der Waals surface area contributed by atoms with Gasteiger partial charge in [-0.25, -0.2) is 0 Å². The molecule has 19 heavy (non-hydrogen) atoms. The molecule has 1 aromatic heterocycles. The number of nitrogens with one attached hydrogen (secondary N) is 2. The number of hydrogen-bond donors (Lipinski definition) is 2. The first-order valence-corrected chi connectivity index (χ1v) is 7.12. The molecule has 1 heterocycles. The van der Waals surface area contributed by atoms with Gasteiger partial charge in [0.2, 0.25) is 11.9 Å². The highest BCUT2D eigenvalue weighted by atomic mass is 16.5. The maximum atomic E-state index is 5.45. The predicted octanol–water partition coefficient (Wildman–Crippen LogP) is 2.30. The first-order chi connectivity index (χ1) is 9.31. The quantitative estimate of drug-likeness (QED) is 0.668. The number of anilines is 2. The Balaban J connectivity index is 1.85. The fourth-order valence-electron chi connectivity index (χ4n) is 1.80. The van der Waals surface area contributed by atoms with Gasteiger partial charge in [-0.1, -0.05) is 19.8 Å². The van der Waals surface area contributed by atoms with Gasteiger partial charge < -0.3 is 15.4 Å². The van der Waals surface area contributed by atoms with E-state index in [0.29, 0.717) is 24.5 Å². The lowest BCUT2D eigenvalue weighted by molar-refractivity contribution is 0.292.